The van der Waals surface area contributed by atoms with Gasteiger partial charge in [0.15, 0.2) is 0 Å². The average molecular weight is 481 g/mol. The maximum Gasteiger partial charge on any atom is 0.306 e. The van der Waals surface area contributed by atoms with Gasteiger partial charge >= 0.3 is 5.97 Å². The Labute approximate surface area is 211 Å². The van der Waals surface area contributed by atoms with E-state index in [1.165, 1.54) is 16.7 Å². The van der Waals surface area contributed by atoms with Crippen LogP contribution in [-0.2, 0) is 9.59 Å². The van der Waals surface area contributed by atoms with Crippen LogP contribution in [0.15, 0.2) is 47.1 Å². The molecule has 4 rings (SSSR count). The first-order valence-corrected chi connectivity index (χ1v) is 13.4. The molecule has 6 unspecified atom stereocenters. The van der Waals surface area contributed by atoms with E-state index in [0.717, 1.165) is 18.4 Å². The van der Waals surface area contributed by atoms with Crippen molar-refractivity contribution in [3.8, 4) is 0 Å². The molecule has 0 aliphatic heterocycles. The Bertz CT molecular complexity index is 1060. The largest absolute Gasteiger partial charge is 0.481 e. The third-order valence-corrected chi connectivity index (χ3v) is 10.8. The van der Waals surface area contributed by atoms with Crippen molar-refractivity contribution in [2.75, 3.05) is 0 Å². The standard InChI is InChI=1S/C31H44O4/c1-18(2)19(3)9-10-20(27(34)35)26-23(32)17-31(8)22-11-12-24-28(4,5)25(33)14-15-29(24,6)21(22)13-16-30(26,31)7/h11-13,18,20,23,26,32H,3,9-10,14-17H2,1-2,4-8H3,(H,34,35). The van der Waals surface area contributed by atoms with Crippen LogP contribution < -0.4 is 0 Å². The molecule has 4 aliphatic carbocycles. The minimum atomic E-state index is -0.815. The van der Waals surface area contributed by atoms with E-state index in [1.807, 2.05) is 13.8 Å². The van der Waals surface area contributed by atoms with Crippen LogP contribution in [0.2, 0.25) is 0 Å². The Morgan fingerprint density at radius 3 is 2.40 bits per heavy atom. The number of carbonyl (C=O) groups is 2. The molecule has 0 saturated heterocycles. The van der Waals surface area contributed by atoms with E-state index in [9.17, 15) is 19.8 Å². The summed E-state index contributed by atoms with van der Waals surface area (Å²) in [6.45, 7) is 19.1. The number of Topliss-reactive ketones (excluding diaryl/α,β-unsaturated/α-hetero) is 1. The second-order valence-corrected chi connectivity index (χ2v) is 13.2. The molecule has 4 aliphatic rings. The van der Waals surface area contributed by atoms with Crippen LogP contribution in [0.1, 0.15) is 87.0 Å². The zero-order valence-corrected chi connectivity index (χ0v) is 22.7. The summed E-state index contributed by atoms with van der Waals surface area (Å²) in [6, 6.07) is 0. The summed E-state index contributed by atoms with van der Waals surface area (Å²) in [5.74, 6) is -1.13. The molecule has 4 nitrogen and oxygen atoms in total. The van der Waals surface area contributed by atoms with Crippen molar-refractivity contribution in [3.05, 3.63) is 47.1 Å². The van der Waals surface area contributed by atoms with Gasteiger partial charge < -0.3 is 10.2 Å². The normalized spacial score (nSPS) is 38.5. The zero-order chi connectivity index (χ0) is 26.1. The number of aliphatic hydroxyl groups excluding tert-OH is 1. The molecule has 0 spiro atoms. The van der Waals surface area contributed by atoms with Crippen LogP contribution >= 0.6 is 0 Å². The molecule has 0 heterocycles. The number of hydrogen-bond donors (Lipinski definition) is 2. The second kappa shape index (κ2) is 8.30. The Hall–Kier alpha value is -1.94. The van der Waals surface area contributed by atoms with E-state index in [1.54, 1.807) is 0 Å². The summed E-state index contributed by atoms with van der Waals surface area (Å²) >= 11 is 0. The number of ketones is 1. The molecule has 0 aromatic carbocycles. The van der Waals surface area contributed by atoms with E-state index < -0.39 is 23.4 Å². The molecule has 0 aromatic heterocycles. The lowest BCUT2D eigenvalue weighted by molar-refractivity contribution is -0.148. The van der Waals surface area contributed by atoms with E-state index >= 15 is 0 Å². The topological polar surface area (TPSA) is 74.6 Å². The fourth-order valence-corrected chi connectivity index (χ4v) is 8.15. The molecule has 0 bridgehead atoms. The second-order valence-electron chi connectivity index (χ2n) is 13.2. The minimum absolute atomic E-state index is 0.198. The number of aliphatic carboxylic acids is 1. The lowest BCUT2D eigenvalue weighted by Crippen LogP contribution is -2.50. The van der Waals surface area contributed by atoms with Crippen LogP contribution in [0.25, 0.3) is 0 Å². The first-order valence-electron chi connectivity index (χ1n) is 13.4. The van der Waals surface area contributed by atoms with Crippen LogP contribution in [0.3, 0.4) is 0 Å². The third kappa shape index (κ3) is 3.57. The predicted molar refractivity (Wildman–Crippen MR) is 140 cm³/mol. The Kier molecular flexibility index (Phi) is 6.19. The smallest absolute Gasteiger partial charge is 0.306 e. The number of carboxylic acids is 1. The number of allylic oxidation sites excluding steroid dienone is 7. The summed E-state index contributed by atoms with van der Waals surface area (Å²) in [5, 5.41) is 21.7. The van der Waals surface area contributed by atoms with Gasteiger partial charge in [0, 0.05) is 28.6 Å². The quantitative estimate of drug-likeness (QED) is 0.417. The lowest BCUT2D eigenvalue weighted by atomic mass is 9.47. The monoisotopic (exact) mass is 480 g/mol. The van der Waals surface area contributed by atoms with E-state index in [0.29, 0.717) is 37.4 Å². The number of aliphatic hydroxyl groups is 1. The Morgan fingerprint density at radius 1 is 1.14 bits per heavy atom. The van der Waals surface area contributed by atoms with Crippen LogP contribution in [0.5, 0.6) is 0 Å². The van der Waals surface area contributed by atoms with Gasteiger partial charge in [-0.1, -0.05) is 65.0 Å². The average Bonchev–Trinajstić information content (AvgIpc) is 2.97. The summed E-state index contributed by atoms with van der Waals surface area (Å²) in [7, 11) is 0. The highest BCUT2D eigenvalue weighted by atomic mass is 16.4. The van der Waals surface area contributed by atoms with Gasteiger partial charge in [0.25, 0.3) is 0 Å². The molecular formula is C31H44O4. The Morgan fingerprint density at radius 2 is 1.80 bits per heavy atom. The summed E-state index contributed by atoms with van der Waals surface area (Å²) in [5.41, 5.74) is 3.40. The van der Waals surface area contributed by atoms with Gasteiger partial charge in [-0.05, 0) is 74.0 Å². The van der Waals surface area contributed by atoms with Crippen molar-refractivity contribution in [1.29, 1.82) is 0 Å². The summed E-state index contributed by atoms with van der Waals surface area (Å²) in [4.78, 5) is 25.3. The molecule has 0 radical (unpaired) electrons. The molecule has 2 fully saturated rings. The lowest BCUT2D eigenvalue weighted by Gasteiger charge is -2.56. The number of hydrogen-bond acceptors (Lipinski definition) is 3. The van der Waals surface area contributed by atoms with Crippen molar-refractivity contribution in [3.63, 3.8) is 0 Å². The fourth-order valence-electron chi connectivity index (χ4n) is 8.15. The van der Waals surface area contributed by atoms with Gasteiger partial charge in [0.05, 0.1) is 12.0 Å². The highest BCUT2D eigenvalue weighted by molar-refractivity contribution is 5.90. The van der Waals surface area contributed by atoms with E-state index in [4.69, 9.17) is 0 Å². The molecule has 6 atom stereocenters. The molecule has 2 N–H and O–H groups in total. The molecule has 4 heteroatoms. The molecular weight excluding hydrogens is 436 g/mol. The molecule has 2 saturated carbocycles. The van der Waals surface area contributed by atoms with E-state index in [2.05, 4.69) is 59.4 Å². The van der Waals surface area contributed by atoms with Crippen molar-refractivity contribution in [2.24, 2.45) is 39.4 Å². The predicted octanol–water partition coefficient (Wildman–Crippen LogP) is 6.66. The van der Waals surface area contributed by atoms with Crippen LogP contribution in [0, 0.1) is 39.4 Å². The van der Waals surface area contributed by atoms with Gasteiger partial charge in [0.2, 0.25) is 0 Å². The number of carboxylic acid groups (broad SMARTS) is 1. The highest BCUT2D eigenvalue weighted by Crippen LogP contribution is 2.70. The van der Waals surface area contributed by atoms with Gasteiger partial charge in [0.1, 0.15) is 5.78 Å². The summed E-state index contributed by atoms with van der Waals surface area (Å²) < 4.78 is 0. The molecule has 35 heavy (non-hydrogen) atoms. The van der Waals surface area contributed by atoms with Gasteiger partial charge in [-0.25, -0.2) is 0 Å². The maximum atomic E-state index is 12.8. The van der Waals surface area contributed by atoms with Crippen molar-refractivity contribution in [2.45, 2.75) is 93.1 Å². The Balaban J connectivity index is 1.77. The van der Waals surface area contributed by atoms with Gasteiger partial charge in [-0.2, -0.15) is 0 Å². The highest BCUT2D eigenvalue weighted by Gasteiger charge is 2.65. The maximum absolute atomic E-state index is 12.8. The molecule has 0 aromatic rings. The van der Waals surface area contributed by atoms with Crippen molar-refractivity contribution < 1.29 is 19.8 Å². The number of rotatable bonds is 6. The van der Waals surface area contributed by atoms with Crippen molar-refractivity contribution in [1.82, 2.24) is 0 Å². The summed E-state index contributed by atoms with van der Waals surface area (Å²) in [6.07, 6.45) is 9.86. The van der Waals surface area contributed by atoms with Gasteiger partial charge in [-0.15, -0.1) is 0 Å². The molecule has 0 amide bonds. The molecule has 192 valence electrons. The van der Waals surface area contributed by atoms with Gasteiger partial charge in [-0.3, -0.25) is 9.59 Å². The van der Waals surface area contributed by atoms with Crippen LogP contribution in [-0.4, -0.2) is 28.1 Å². The fraction of sp³-hybridized carbons (Fsp3) is 0.677. The first kappa shape index (κ1) is 26.1. The minimum Gasteiger partial charge on any atom is -0.481 e. The van der Waals surface area contributed by atoms with Crippen molar-refractivity contribution >= 4 is 11.8 Å². The number of carbonyl (C=O) groups excluding carboxylic acids is 1. The SMILES string of the molecule is C=C(CCC(C(=O)O)C1C(O)CC2(C)C3=CC=C4C(C)(C)C(=O)CCC4(C)C3=CCC12C)C(C)C. The third-order valence-electron chi connectivity index (χ3n) is 10.8. The zero-order valence-electron chi connectivity index (χ0n) is 22.7. The number of fused-ring (bicyclic) bond motifs is 5. The first-order chi connectivity index (χ1) is 16.1. The van der Waals surface area contributed by atoms with Crippen LogP contribution in [0.4, 0.5) is 0 Å². The van der Waals surface area contributed by atoms with E-state index in [-0.39, 0.29) is 22.2 Å².